The maximum Gasteiger partial charge on any atom is 0.172 e. The van der Waals surface area contributed by atoms with E-state index in [1.165, 1.54) is 11.1 Å². The molecule has 0 heterocycles. The van der Waals surface area contributed by atoms with E-state index in [1.807, 2.05) is 12.1 Å². The maximum atomic E-state index is 9.79. The van der Waals surface area contributed by atoms with Gasteiger partial charge in [-0.25, -0.2) is 0 Å². The van der Waals surface area contributed by atoms with Gasteiger partial charge in [0, 0.05) is 12.2 Å². The third-order valence-electron chi connectivity index (χ3n) is 3.03. The van der Waals surface area contributed by atoms with Crippen molar-refractivity contribution in [2.45, 2.75) is 20.4 Å². The van der Waals surface area contributed by atoms with E-state index < -0.39 is 0 Å². The normalized spacial score (nSPS) is 10.4. The van der Waals surface area contributed by atoms with Crippen molar-refractivity contribution in [2.75, 3.05) is 12.4 Å². The van der Waals surface area contributed by atoms with Gasteiger partial charge >= 0.3 is 0 Å². The average Bonchev–Trinajstić information content (AvgIpc) is 2.39. The number of hydrogen-bond donors (Lipinski definition) is 2. The third-order valence-corrected chi connectivity index (χ3v) is 3.63. The van der Waals surface area contributed by atoms with Crippen molar-refractivity contribution in [1.29, 1.82) is 0 Å². The number of methoxy groups -OCH3 is 1. The lowest BCUT2D eigenvalue weighted by molar-refractivity contribution is 0.371. The number of halogens is 1. The van der Waals surface area contributed by atoms with Crippen molar-refractivity contribution < 1.29 is 9.84 Å². The Morgan fingerprint density at radius 3 is 2.35 bits per heavy atom. The predicted molar refractivity (Wildman–Crippen MR) is 85.6 cm³/mol. The molecule has 0 aliphatic heterocycles. The Hall–Kier alpha value is -1.68. The van der Waals surface area contributed by atoms with E-state index in [1.54, 1.807) is 7.11 Å². The molecule has 0 saturated carbocycles. The first-order chi connectivity index (χ1) is 9.49. The van der Waals surface area contributed by atoms with Gasteiger partial charge in [-0.2, -0.15) is 0 Å². The molecular weight excluding hydrogens is 318 g/mol. The molecule has 0 aromatic heterocycles. The SMILES string of the molecule is COc1cc(CNc2cc(C)cc(C)c2)cc(Br)c1O. The summed E-state index contributed by atoms with van der Waals surface area (Å²) in [6, 6.07) is 10.1. The lowest BCUT2D eigenvalue weighted by Crippen LogP contribution is -2.00. The molecule has 0 saturated heterocycles. The first-order valence-electron chi connectivity index (χ1n) is 6.37. The van der Waals surface area contributed by atoms with Crippen molar-refractivity contribution in [2.24, 2.45) is 0 Å². The van der Waals surface area contributed by atoms with Gasteiger partial charge in [-0.1, -0.05) is 6.07 Å². The van der Waals surface area contributed by atoms with Crippen molar-refractivity contribution in [3.8, 4) is 11.5 Å². The first kappa shape index (κ1) is 14.7. The summed E-state index contributed by atoms with van der Waals surface area (Å²) in [5.74, 6) is 0.597. The number of rotatable bonds is 4. The largest absolute Gasteiger partial charge is 0.503 e. The van der Waals surface area contributed by atoms with Crippen LogP contribution in [0.15, 0.2) is 34.8 Å². The van der Waals surface area contributed by atoms with E-state index >= 15 is 0 Å². The van der Waals surface area contributed by atoms with Crippen molar-refractivity contribution in [3.05, 3.63) is 51.5 Å². The molecule has 20 heavy (non-hydrogen) atoms. The van der Waals surface area contributed by atoms with E-state index in [4.69, 9.17) is 4.74 Å². The van der Waals surface area contributed by atoms with Crippen LogP contribution in [-0.4, -0.2) is 12.2 Å². The van der Waals surface area contributed by atoms with Crippen molar-refractivity contribution >= 4 is 21.6 Å². The molecule has 2 N–H and O–H groups in total. The molecule has 0 aliphatic carbocycles. The number of aromatic hydroxyl groups is 1. The number of benzene rings is 2. The molecule has 0 radical (unpaired) electrons. The van der Waals surface area contributed by atoms with Gasteiger partial charge in [0.2, 0.25) is 0 Å². The van der Waals surface area contributed by atoms with Gasteiger partial charge in [0.05, 0.1) is 11.6 Å². The molecule has 0 atom stereocenters. The smallest absolute Gasteiger partial charge is 0.172 e. The molecular formula is C16H18BrNO2. The fourth-order valence-electron chi connectivity index (χ4n) is 2.17. The monoisotopic (exact) mass is 335 g/mol. The van der Waals surface area contributed by atoms with Crippen LogP contribution in [0.5, 0.6) is 11.5 Å². The average molecular weight is 336 g/mol. The van der Waals surface area contributed by atoms with Crippen LogP contribution < -0.4 is 10.1 Å². The standard InChI is InChI=1S/C16H18BrNO2/c1-10-4-11(2)6-13(5-10)18-9-12-7-14(17)16(19)15(8-12)20-3/h4-8,18-19H,9H2,1-3H3. The highest BCUT2D eigenvalue weighted by molar-refractivity contribution is 9.10. The van der Waals surface area contributed by atoms with E-state index in [0.717, 1.165) is 11.3 Å². The van der Waals surface area contributed by atoms with Crippen LogP contribution in [0.3, 0.4) is 0 Å². The minimum absolute atomic E-state index is 0.127. The summed E-state index contributed by atoms with van der Waals surface area (Å²) in [7, 11) is 1.54. The quantitative estimate of drug-likeness (QED) is 0.870. The van der Waals surface area contributed by atoms with E-state index in [2.05, 4.69) is 53.3 Å². The summed E-state index contributed by atoms with van der Waals surface area (Å²) < 4.78 is 5.78. The Labute approximate surface area is 127 Å². The van der Waals surface area contributed by atoms with Gasteiger partial charge in [-0.3, -0.25) is 0 Å². The lowest BCUT2D eigenvalue weighted by Gasteiger charge is -2.11. The highest BCUT2D eigenvalue weighted by Crippen LogP contribution is 2.35. The zero-order valence-corrected chi connectivity index (χ0v) is 13.4. The fourth-order valence-corrected chi connectivity index (χ4v) is 2.66. The number of phenolic OH excluding ortho intramolecular Hbond substituents is 1. The Morgan fingerprint density at radius 2 is 1.75 bits per heavy atom. The summed E-state index contributed by atoms with van der Waals surface area (Å²) in [6.45, 7) is 4.83. The summed E-state index contributed by atoms with van der Waals surface area (Å²) in [5.41, 5.74) is 4.59. The molecule has 0 amide bonds. The van der Waals surface area contributed by atoms with Gasteiger partial charge in [-0.15, -0.1) is 0 Å². The van der Waals surface area contributed by atoms with Crippen molar-refractivity contribution in [1.82, 2.24) is 0 Å². The zero-order valence-electron chi connectivity index (χ0n) is 11.8. The number of hydrogen-bond acceptors (Lipinski definition) is 3. The molecule has 2 aromatic rings. The van der Waals surface area contributed by atoms with Crippen LogP contribution in [0.25, 0.3) is 0 Å². The van der Waals surface area contributed by atoms with E-state index in [-0.39, 0.29) is 5.75 Å². The topological polar surface area (TPSA) is 41.5 Å². The molecule has 2 aromatic carbocycles. The second-order valence-corrected chi connectivity index (χ2v) is 5.71. The fraction of sp³-hybridized carbons (Fsp3) is 0.250. The minimum atomic E-state index is 0.127. The molecule has 4 heteroatoms. The van der Waals surface area contributed by atoms with E-state index in [9.17, 15) is 5.11 Å². The van der Waals surface area contributed by atoms with Crippen LogP contribution in [0.2, 0.25) is 0 Å². The molecule has 2 rings (SSSR count). The first-order valence-corrected chi connectivity index (χ1v) is 7.16. The molecule has 0 spiro atoms. The predicted octanol–water partition coefficient (Wildman–Crippen LogP) is 4.39. The molecule has 106 valence electrons. The molecule has 0 bridgehead atoms. The van der Waals surface area contributed by atoms with Crippen LogP contribution >= 0.6 is 15.9 Å². The van der Waals surface area contributed by atoms with Gasteiger partial charge < -0.3 is 15.2 Å². The Kier molecular flexibility index (Phi) is 4.55. The lowest BCUT2D eigenvalue weighted by atomic mass is 10.1. The van der Waals surface area contributed by atoms with Gasteiger partial charge in [0.25, 0.3) is 0 Å². The van der Waals surface area contributed by atoms with Gasteiger partial charge in [0.15, 0.2) is 11.5 Å². The Balaban J connectivity index is 2.16. The number of phenols is 1. The van der Waals surface area contributed by atoms with Crippen LogP contribution in [0, 0.1) is 13.8 Å². The highest BCUT2D eigenvalue weighted by atomic mass is 79.9. The molecule has 0 fully saturated rings. The van der Waals surface area contributed by atoms with Gasteiger partial charge in [-0.05, 0) is 70.7 Å². The number of anilines is 1. The van der Waals surface area contributed by atoms with Crippen LogP contribution in [-0.2, 0) is 6.54 Å². The van der Waals surface area contributed by atoms with E-state index in [0.29, 0.717) is 16.8 Å². The maximum absolute atomic E-state index is 9.79. The van der Waals surface area contributed by atoms with Crippen molar-refractivity contribution in [3.63, 3.8) is 0 Å². The molecule has 3 nitrogen and oxygen atoms in total. The highest BCUT2D eigenvalue weighted by Gasteiger charge is 2.08. The molecule has 0 aliphatic rings. The Bertz CT molecular complexity index is 606. The van der Waals surface area contributed by atoms with Crippen LogP contribution in [0.1, 0.15) is 16.7 Å². The third kappa shape index (κ3) is 3.45. The number of ether oxygens (including phenoxy) is 1. The number of aryl methyl sites for hydroxylation is 2. The van der Waals surface area contributed by atoms with Gasteiger partial charge in [0.1, 0.15) is 0 Å². The van der Waals surface area contributed by atoms with Crippen LogP contribution in [0.4, 0.5) is 5.69 Å². The summed E-state index contributed by atoms with van der Waals surface area (Å²) in [5, 5.41) is 13.2. The summed E-state index contributed by atoms with van der Waals surface area (Å²) >= 11 is 3.33. The minimum Gasteiger partial charge on any atom is -0.503 e. The number of nitrogens with one attached hydrogen (secondary N) is 1. The Morgan fingerprint density at radius 1 is 1.10 bits per heavy atom. The summed E-state index contributed by atoms with van der Waals surface area (Å²) in [6.07, 6.45) is 0. The summed E-state index contributed by atoms with van der Waals surface area (Å²) in [4.78, 5) is 0. The molecule has 0 unspecified atom stereocenters. The second kappa shape index (κ2) is 6.18. The second-order valence-electron chi connectivity index (χ2n) is 4.86. The zero-order chi connectivity index (χ0) is 14.7.